The van der Waals surface area contributed by atoms with Gasteiger partial charge in [0.15, 0.2) is 0 Å². The minimum absolute atomic E-state index is 0.417. The van der Waals surface area contributed by atoms with Crippen molar-refractivity contribution >= 4 is 0 Å². The third-order valence-corrected chi connectivity index (χ3v) is 1.05. The van der Waals surface area contributed by atoms with Crippen molar-refractivity contribution in [2.45, 2.75) is 32.0 Å². The van der Waals surface area contributed by atoms with Crippen LogP contribution in [0.5, 0.6) is 0 Å². The van der Waals surface area contributed by atoms with Crippen LogP contribution in [-0.4, -0.2) is 22.4 Å². The summed E-state index contributed by atoms with van der Waals surface area (Å²) in [5, 5.41) is 17.7. The van der Waals surface area contributed by atoms with Crippen LogP contribution in [0.3, 0.4) is 0 Å². The van der Waals surface area contributed by atoms with Gasteiger partial charge in [-0.05, 0) is 19.8 Å². The van der Waals surface area contributed by atoms with Crippen molar-refractivity contribution in [3.63, 3.8) is 0 Å². The van der Waals surface area contributed by atoms with Gasteiger partial charge in [0.05, 0.1) is 12.2 Å². The molecule has 2 heteroatoms. The monoisotopic (exact) mass is 130 g/mol. The summed E-state index contributed by atoms with van der Waals surface area (Å²) in [7, 11) is 0. The van der Waals surface area contributed by atoms with E-state index < -0.39 is 12.2 Å². The molecule has 2 N–H and O–H groups in total. The largest absolute Gasteiger partial charge is 0.393 e. The van der Waals surface area contributed by atoms with E-state index >= 15 is 0 Å². The van der Waals surface area contributed by atoms with E-state index in [0.29, 0.717) is 12.8 Å². The minimum Gasteiger partial charge on any atom is -0.393 e. The van der Waals surface area contributed by atoms with Crippen LogP contribution in [-0.2, 0) is 0 Å². The minimum atomic E-state index is -0.428. The molecule has 0 heterocycles. The number of aliphatic hydroxyl groups is 2. The number of rotatable bonds is 4. The third kappa shape index (κ3) is 5.53. The molecule has 0 rings (SSSR count). The van der Waals surface area contributed by atoms with Crippen LogP contribution in [0.4, 0.5) is 0 Å². The third-order valence-electron chi connectivity index (χ3n) is 1.05. The first kappa shape index (κ1) is 8.66. The average Bonchev–Trinajstić information content (AvgIpc) is 1.63. The van der Waals surface area contributed by atoms with Crippen molar-refractivity contribution in [3.8, 4) is 0 Å². The van der Waals surface area contributed by atoms with Crippen molar-refractivity contribution in [2.24, 2.45) is 0 Å². The highest BCUT2D eigenvalue weighted by atomic mass is 16.3. The zero-order valence-electron chi connectivity index (χ0n) is 5.75. The van der Waals surface area contributed by atoms with E-state index in [4.69, 9.17) is 10.2 Å². The molecular formula is C7H14O2. The standard InChI is InChI=1S/C7H14O2/c1-3-4-7(9)5-6(2)8/h3,6-9H,1,4-5H2,2H3/t6-,7+/m1/s1. The van der Waals surface area contributed by atoms with Crippen LogP contribution in [0.1, 0.15) is 19.8 Å². The second-order valence-electron chi connectivity index (χ2n) is 2.26. The fourth-order valence-electron chi connectivity index (χ4n) is 0.682. The highest BCUT2D eigenvalue weighted by Crippen LogP contribution is 2.01. The van der Waals surface area contributed by atoms with Crippen molar-refractivity contribution < 1.29 is 10.2 Å². The van der Waals surface area contributed by atoms with Crippen LogP contribution in [0.2, 0.25) is 0 Å². The summed E-state index contributed by atoms with van der Waals surface area (Å²) in [5.41, 5.74) is 0. The molecule has 9 heavy (non-hydrogen) atoms. The summed E-state index contributed by atoms with van der Waals surface area (Å²) in [6.07, 6.45) is 1.80. The van der Waals surface area contributed by atoms with E-state index in [1.54, 1.807) is 13.0 Å². The lowest BCUT2D eigenvalue weighted by Crippen LogP contribution is -2.13. The summed E-state index contributed by atoms with van der Waals surface area (Å²) < 4.78 is 0. The van der Waals surface area contributed by atoms with E-state index in [-0.39, 0.29) is 0 Å². The van der Waals surface area contributed by atoms with Gasteiger partial charge in [-0.15, -0.1) is 6.58 Å². The van der Waals surface area contributed by atoms with E-state index in [1.807, 2.05) is 0 Å². The Kier molecular flexibility index (Phi) is 4.36. The predicted molar refractivity (Wildman–Crippen MR) is 37.1 cm³/mol. The predicted octanol–water partition coefficient (Wildman–Crippen LogP) is 0.694. The summed E-state index contributed by atoms with van der Waals surface area (Å²) in [6.45, 7) is 5.13. The Labute approximate surface area is 55.8 Å². The second kappa shape index (κ2) is 4.53. The molecule has 0 fully saturated rings. The number of aliphatic hydroxyl groups excluding tert-OH is 2. The number of hydrogen-bond donors (Lipinski definition) is 2. The van der Waals surface area contributed by atoms with Crippen LogP contribution in [0.25, 0.3) is 0 Å². The molecule has 0 aliphatic rings. The second-order valence-corrected chi connectivity index (χ2v) is 2.26. The Hall–Kier alpha value is -0.340. The van der Waals surface area contributed by atoms with Gasteiger partial charge in [0.1, 0.15) is 0 Å². The Morgan fingerprint density at radius 1 is 1.56 bits per heavy atom. The van der Waals surface area contributed by atoms with Crippen molar-refractivity contribution in [1.82, 2.24) is 0 Å². The summed E-state index contributed by atoms with van der Waals surface area (Å²) in [4.78, 5) is 0. The SMILES string of the molecule is C=CC[C@H](O)C[C@@H](C)O. The highest BCUT2D eigenvalue weighted by Gasteiger charge is 2.04. The fourth-order valence-corrected chi connectivity index (χ4v) is 0.682. The van der Waals surface area contributed by atoms with Gasteiger partial charge in [-0.1, -0.05) is 6.08 Å². The van der Waals surface area contributed by atoms with Gasteiger partial charge in [0.2, 0.25) is 0 Å². The van der Waals surface area contributed by atoms with E-state index in [1.165, 1.54) is 0 Å². The van der Waals surface area contributed by atoms with Crippen LogP contribution >= 0.6 is 0 Å². The van der Waals surface area contributed by atoms with Gasteiger partial charge in [-0.2, -0.15) is 0 Å². The maximum absolute atomic E-state index is 8.99. The zero-order chi connectivity index (χ0) is 7.28. The first-order chi connectivity index (χ1) is 4.16. The summed E-state index contributed by atoms with van der Waals surface area (Å²) in [6, 6.07) is 0. The van der Waals surface area contributed by atoms with E-state index in [2.05, 4.69) is 6.58 Å². The maximum atomic E-state index is 8.99. The average molecular weight is 130 g/mol. The normalized spacial score (nSPS) is 16.8. The van der Waals surface area contributed by atoms with E-state index in [9.17, 15) is 0 Å². The molecule has 0 saturated heterocycles. The Morgan fingerprint density at radius 2 is 2.11 bits per heavy atom. The Bertz CT molecular complexity index is 79.0. The lowest BCUT2D eigenvalue weighted by molar-refractivity contribution is 0.0925. The molecule has 0 aromatic carbocycles. The molecule has 0 aliphatic carbocycles. The zero-order valence-corrected chi connectivity index (χ0v) is 5.75. The maximum Gasteiger partial charge on any atom is 0.0599 e. The lowest BCUT2D eigenvalue weighted by atomic mass is 10.1. The van der Waals surface area contributed by atoms with Crippen LogP contribution in [0.15, 0.2) is 12.7 Å². The molecule has 0 amide bonds. The molecule has 0 saturated carbocycles. The Balaban J connectivity index is 3.25. The molecule has 0 bridgehead atoms. The van der Waals surface area contributed by atoms with Crippen LogP contribution in [0, 0.1) is 0 Å². The first-order valence-electron chi connectivity index (χ1n) is 3.13. The smallest absolute Gasteiger partial charge is 0.0599 e. The van der Waals surface area contributed by atoms with Gasteiger partial charge in [0, 0.05) is 0 Å². The summed E-state index contributed by atoms with van der Waals surface area (Å²) >= 11 is 0. The van der Waals surface area contributed by atoms with Gasteiger partial charge in [-0.3, -0.25) is 0 Å². The fraction of sp³-hybridized carbons (Fsp3) is 0.714. The molecule has 0 radical (unpaired) electrons. The molecule has 54 valence electrons. The van der Waals surface area contributed by atoms with Gasteiger partial charge in [0.25, 0.3) is 0 Å². The van der Waals surface area contributed by atoms with Gasteiger partial charge >= 0.3 is 0 Å². The lowest BCUT2D eigenvalue weighted by Gasteiger charge is -2.08. The molecule has 0 aliphatic heterocycles. The molecule has 0 spiro atoms. The molecular weight excluding hydrogens is 116 g/mol. The molecule has 2 nitrogen and oxygen atoms in total. The van der Waals surface area contributed by atoms with Crippen molar-refractivity contribution in [2.75, 3.05) is 0 Å². The molecule has 2 atom stereocenters. The highest BCUT2D eigenvalue weighted by molar-refractivity contribution is 4.73. The van der Waals surface area contributed by atoms with Gasteiger partial charge < -0.3 is 10.2 Å². The Morgan fingerprint density at radius 3 is 2.44 bits per heavy atom. The van der Waals surface area contributed by atoms with Gasteiger partial charge in [-0.25, -0.2) is 0 Å². The number of hydrogen-bond acceptors (Lipinski definition) is 2. The van der Waals surface area contributed by atoms with Crippen molar-refractivity contribution in [1.29, 1.82) is 0 Å². The molecule has 0 aromatic rings. The molecule has 0 aromatic heterocycles. The van der Waals surface area contributed by atoms with Crippen LogP contribution < -0.4 is 0 Å². The summed E-state index contributed by atoms with van der Waals surface area (Å²) in [5.74, 6) is 0. The van der Waals surface area contributed by atoms with Crippen molar-refractivity contribution in [3.05, 3.63) is 12.7 Å². The van der Waals surface area contributed by atoms with E-state index in [0.717, 1.165) is 0 Å². The quantitative estimate of drug-likeness (QED) is 0.550. The molecule has 0 unspecified atom stereocenters. The first-order valence-corrected chi connectivity index (χ1v) is 3.13. The topological polar surface area (TPSA) is 40.5 Å².